The van der Waals surface area contributed by atoms with Gasteiger partial charge in [-0.15, -0.1) is 0 Å². The molecule has 6 heteroatoms. The average Bonchev–Trinajstić information content (AvgIpc) is 3.30. The molecule has 2 amide bonds. The number of aryl methyl sites for hydroxylation is 1. The number of carbonyl (C=O) groups excluding carboxylic acids is 2. The number of rotatable bonds is 4. The molecule has 0 bridgehead atoms. The monoisotopic (exact) mass is 389 g/mol. The van der Waals surface area contributed by atoms with Gasteiger partial charge in [0.1, 0.15) is 5.92 Å². The Labute approximate surface area is 169 Å². The molecule has 1 fully saturated rings. The SMILES string of the molecule is Cc1ccc(C(C(=O)N2CCN(C(=O)c3ccco3)CC2)c2ccccn2)cc1. The topological polar surface area (TPSA) is 66.7 Å². The van der Waals surface area contributed by atoms with Crippen LogP contribution in [0, 0.1) is 6.92 Å². The summed E-state index contributed by atoms with van der Waals surface area (Å²) < 4.78 is 5.21. The molecule has 0 saturated carbocycles. The molecule has 1 aliphatic heterocycles. The molecule has 0 N–H and O–H groups in total. The molecule has 1 aromatic carbocycles. The first kappa shape index (κ1) is 18.9. The molecule has 148 valence electrons. The largest absolute Gasteiger partial charge is 0.459 e. The lowest BCUT2D eigenvalue weighted by atomic mass is 9.92. The smallest absolute Gasteiger partial charge is 0.289 e. The van der Waals surface area contributed by atoms with E-state index < -0.39 is 5.92 Å². The number of aromatic nitrogens is 1. The number of amides is 2. The molecule has 1 atom stereocenters. The third-order valence-electron chi connectivity index (χ3n) is 5.25. The van der Waals surface area contributed by atoms with E-state index in [4.69, 9.17) is 4.42 Å². The number of benzene rings is 1. The van der Waals surface area contributed by atoms with Crippen molar-refractivity contribution in [3.05, 3.63) is 89.6 Å². The second kappa shape index (κ2) is 8.31. The molecule has 0 aliphatic carbocycles. The summed E-state index contributed by atoms with van der Waals surface area (Å²) in [5.74, 6) is -0.250. The Bertz CT molecular complexity index is 960. The summed E-state index contributed by atoms with van der Waals surface area (Å²) in [6.07, 6.45) is 3.20. The van der Waals surface area contributed by atoms with Crippen molar-refractivity contribution in [1.29, 1.82) is 0 Å². The summed E-state index contributed by atoms with van der Waals surface area (Å²) in [6.45, 7) is 3.96. The van der Waals surface area contributed by atoms with Crippen LogP contribution in [0.25, 0.3) is 0 Å². The number of furan rings is 1. The maximum absolute atomic E-state index is 13.5. The van der Waals surface area contributed by atoms with Gasteiger partial charge >= 0.3 is 0 Å². The minimum Gasteiger partial charge on any atom is -0.459 e. The van der Waals surface area contributed by atoms with E-state index in [-0.39, 0.29) is 11.8 Å². The molecule has 3 aromatic rings. The average molecular weight is 389 g/mol. The summed E-state index contributed by atoms with van der Waals surface area (Å²) in [5, 5.41) is 0. The van der Waals surface area contributed by atoms with Gasteiger partial charge in [-0.25, -0.2) is 0 Å². The first-order valence-electron chi connectivity index (χ1n) is 9.72. The van der Waals surface area contributed by atoms with Gasteiger partial charge in [0.2, 0.25) is 5.91 Å². The third kappa shape index (κ3) is 4.06. The Balaban J connectivity index is 1.51. The van der Waals surface area contributed by atoms with E-state index in [1.165, 1.54) is 6.26 Å². The lowest BCUT2D eigenvalue weighted by molar-refractivity contribution is -0.133. The van der Waals surface area contributed by atoms with Gasteiger partial charge in [0.15, 0.2) is 5.76 Å². The number of carbonyl (C=O) groups is 2. The fourth-order valence-corrected chi connectivity index (χ4v) is 3.61. The lowest BCUT2D eigenvalue weighted by Crippen LogP contribution is -2.51. The van der Waals surface area contributed by atoms with Crippen LogP contribution < -0.4 is 0 Å². The van der Waals surface area contributed by atoms with Crippen LogP contribution in [0.2, 0.25) is 0 Å². The van der Waals surface area contributed by atoms with Gasteiger partial charge in [0, 0.05) is 32.4 Å². The zero-order chi connectivity index (χ0) is 20.2. The highest BCUT2D eigenvalue weighted by Gasteiger charge is 2.32. The Morgan fingerprint density at radius 1 is 0.931 bits per heavy atom. The zero-order valence-electron chi connectivity index (χ0n) is 16.3. The molecular weight excluding hydrogens is 366 g/mol. The van der Waals surface area contributed by atoms with Gasteiger partial charge in [0.05, 0.1) is 12.0 Å². The van der Waals surface area contributed by atoms with Gasteiger partial charge in [0.25, 0.3) is 5.91 Å². The summed E-state index contributed by atoms with van der Waals surface area (Å²) in [6, 6.07) is 17.0. The van der Waals surface area contributed by atoms with Crippen LogP contribution in [0.15, 0.2) is 71.5 Å². The van der Waals surface area contributed by atoms with Gasteiger partial charge in [-0.2, -0.15) is 0 Å². The van der Waals surface area contributed by atoms with Crippen molar-refractivity contribution in [2.45, 2.75) is 12.8 Å². The molecule has 29 heavy (non-hydrogen) atoms. The molecular formula is C23H23N3O3. The van der Waals surface area contributed by atoms with E-state index in [0.717, 1.165) is 16.8 Å². The predicted octanol–water partition coefficient (Wildman–Crippen LogP) is 3.10. The highest BCUT2D eigenvalue weighted by molar-refractivity contribution is 5.92. The molecule has 1 aliphatic rings. The van der Waals surface area contributed by atoms with E-state index in [2.05, 4.69) is 4.98 Å². The minimum absolute atomic E-state index is 0.0117. The van der Waals surface area contributed by atoms with Crippen molar-refractivity contribution in [2.75, 3.05) is 26.2 Å². The number of hydrogen-bond donors (Lipinski definition) is 0. The van der Waals surface area contributed by atoms with Crippen LogP contribution in [-0.4, -0.2) is 52.8 Å². The van der Waals surface area contributed by atoms with Crippen LogP contribution in [0.1, 0.15) is 33.3 Å². The fourth-order valence-electron chi connectivity index (χ4n) is 3.61. The summed E-state index contributed by atoms with van der Waals surface area (Å²) in [4.78, 5) is 33.9. The van der Waals surface area contributed by atoms with Crippen molar-refractivity contribution in [2.24, 2.45) is 0 Å². The van der Waals surface area contributed by atoms with E-state index >= 15 is 0 Å². The number of pyridine rings is 1. The first-order chi connectivity index (χ1) is 14.1. The molecule has 3 heterocycles. The maximum atomic E-state index is 13.5. The van der Waals surface area contributed by atoms with Crippen molar-refractivity contribution in [3.8, 4) is 0 Å². The van der Waals surface area contributed by atoms with E-state index in [1.54, 1.807) is 23.2 Å². The summed E-state index contributed by atoms with van der Waals surface area (Å²) in [7, 11) is 0. The van der Waals surface area contributed by atoms with Crippen LogP contribution >= 0.6 is 0 Å². The van der Waals surface area contributed by atoms with E-state index in [0.29, 0.717) is 31.9 Å². The molecule has 1 saturated heterocycles. The fraction of sp³-hybridized carbons (Fsp3) is 0.261. The van der Waals surface area contributed by atoms with E-state index in [9.17, 15) is 9.59 Å². The van der Waals surface area contributed by atoms with Gasteiger partial charge in [-0.3, -0.25) is 14.6 Å². The molecule has 0 radical (unpaired) electrons. The Morgan fingerprint density at radius 2 is 1.66 bits per heavy atom. The Hall–Kier alpha value is -3.41. The second-order valence-corrected chi connectivity index (χ2v) is 7.19. The minimum atomic E-state index is -0.455. The normalized spacial score (nSPS) is 15.2. The van der Waals surface area contributed by atoms with Gasteiger partial charge in [-0.1, -0.05) is 35.9 Å². The number of piperazine rings is 1. The van der Waals surface area contributed by atoms with Crippen molar-refractivity contribution in [3.63, 3.8) is 0 Å². The summed E-state index contributed by atoms with van der Waals surface area (Å²) >= 11 is 0. The first-order valence-corrected chi connectivity index (χ1v) is 9.72. The molecule has 2 aromatic heterocycles. The summed E-state index contributed by atoms with van der Waals surface area (Å²) in [5.41, 5.74) is 2.80. The lowest BCUT2D eigenvalue weighted by Gasteiger charge is -2.36. The zero-order valence-corrected chi connectivity index (χ0v) is 16.3. The Kier molecular flexibility index (Phi) is 5.42. The predicted molar refractivity (Wildman–Crippen MR) is 108 cm³/mol. The maximum Gasteiger partial charge on any atom is 0.289 e. The van der Waals surface area contributed by atoms with Crippen LogP contribution in [-0.2, 0) is 4.79 Å². The second-order valence-electron chi connectivity index (χ2n) is 7.19. The number of nitrogens with zero attached hydrogens (tertiary/aromatic N) is 3. The highest BCUT2D eigenvalue weighted by Crippen LogP contribution is 2.26. The molecule has 4 rings (SSSR count). The standard InChI is InChI=1S/C23H23N3O3/c1-17-7-9-18(10-8-17)21(19-5-2-3-11-24-19)23(28)26-14-12-25(13-15-26)22(27)20-6-4-16-29-20/h2-11,16,21H,12-15H2,1H3. The molecule has 0 spiro atoms. The van der Waals surface area contributed by atoms with Crippen LogP contribution in [0.3, 0.4) is 0 Å². The van der Waals surface area contributed by atoms with Crippen molar-refractivity contribution >= 4 is 11.8 Å². The van der Waals surface area contributed by atoms with Gasteiger partial charge < -0.3 is 14.2 Å². The number of hydrogen-bond acceptors (Lipinski definition) is 4. The highest BCUT2D eigenvalue weighted by atomic mass is 16.3. The Morgan fingerprint density at radius 3 is 2.28 bits per heavy atom. The van der Waals surface area contributed by atoms with Crippen molar-refractivity contribution in [1.82, 2.24) is 14.8 Å². The van der Waals surface area contributed by atoms with Crippen LogP contribution in [0.4, 0.5) is 0 Å². The quantitative estimate of drug-likeness (QED) is 0.688. The van der Waals surface area contributed by atoms with E-state index in [1.807, 2.05) is 54.3 Å². The van der Waals surface area contributed by atoms with Crippen LogP contribution in [0.5, 0.6) is 0 Å². The van der Waals surface area contributed by atoms with Gasteiger partial charge in [-0.05, 0) is 36.8 Å². The molecule has 1 unspecified atom stereocenters. The molecule has 6 nitrogen and oxygen atoms in total. The van der Waals surface area contributed by atoms with Crippen molar-refractivity contribution < 1.29 is 14.0 Å². The third-order valence-corrected chi connectivity index (χ3v) is 5.25.